The quantitative estimate of drug-likeness (QED) is 0.742. The zero-order valence-corrected chi connectivity index (χ0v) is 14.3. The summed E-state index contributed by atoms with van der Waals surface area (Å²) in [4.78, 5) is 21.1. The number of aromatic nitrogens is 2. The number of carbonyl (C=O) groups excluding carboxylic acids is 1. The van der Waals surface area contributed by atoms with E-state index in [0.717, 1.165) is 16.8 Å². The second-order valence-corrected chi connectivity index (χ2v) is 5.85. The van der Waals surface area contributed by atoms with Gasteiger partial charge in [0.05, 0.1) is 0 Å². The van der Waals surface area contributed by atoms with Gasteiger partial charge in [-0.05, 0) is 37.1 Å². The Morgan fingerprint density at radius 2 is 1.76 bits per heavy atom. The number of hydrogen-bond acceptors (Lipinski definition) is 4. The molecule has 0 unspecified atom stereocenters. The number of amides is 1. The first kappa shape index (κ1) is 16.6. The molecule has 0 aliphatic rings. The van der Waals surface area contributed by atoms with E-state index in [1.807, 2.05) is 61.5 Å². The molecule has 3 aromatic rings. The lowest BCUT2D eigenvalue weighted by Gasteiger charge is -2.09. The van der Waals surface area contributed by atoms with Crippen molar-refractivity contribution >= 4 is 17.4 Å². The van der Waals surface area contributed by atoms with Gasteiger partial charge in [0.1, 0.15) is 17.3 Å². The van der Waals surface area contributed by atoms with E-state index in [4.69, 9.17) is 0 Å². The van der Waals surface area contributed by atoms with Crippen molar-refractivity contribution in [2.75, 3.05) is 10.6 Å². The molecular formula is C20H20N4O. The van der Waals surface area contributed by atoms with E-state index >= 15 is 0 Å². The number of hydrogen-bond donors (Lipinski definition) is 2. The summed E-state index contributed by atoms with van der Waals surface area (Å²) >= 11 is 0. The van der Waals surface area contributed by atoms with Crippen molar-refractivity contribution in [3.63, 3.8) is 0 Å². The maximum absolute atomic E-state index is 12.5. The van der Waals surface area contributed by atoms with Crippen LogP contribution in [0.4, 0.5) is 11.5 Å². The van der Waals surface area contributed by atoms with Crippen LogP contribution in [0.1, 0.15) is 27.4 Å². The highest BCUT2D eigenvalue weighted by Gasteiger charge is 2.11. The van der Waals surface area contributed by atoms with Crippen molar-refractivity contribution < 1.29 is 4.79 Å². The topological polar surface area (TPSA) is 66.9 Å². The van der Waals surface area contributed by atoms with Crippen LogP contribution in [0.3, 0.4) is 0 Å². The van der Waals surface area contributed by atoms with E-state index < -0.39 is 0 Å². The van der Waals surface area contributed by atoms with Gasteiger partial charge in [-0.1, -0.05) is 42.5 Å². The van der Waals surface area contributed by atoms with Gasteiger partial charge in [0, 0.05) is 18.3 Å². The van der Waals surface area contributed by atoms with Gasteiger partial charge >= 0.3 is 0 Å². The largest absolute Gasteiger partial charge is 0.366 e. The number of aryl methyl sites for hydroxylation is 2. The molecule has 3 rings (SSSR count). The third kappa shape index (κ3) is 4.64. The van der Waals surface area contributed by atoms with Gasteiger partial charge in [-0.25, -0.2) is 9.97 Å². The molecule has 2 N–H and O–H groups in total. The number of nitrogens with one attached hydrogen (secondary N) is 2. The minimum absolute atomic E-state index is 0.251. The predicted molar refractivity (Wildman–Crippen MR) is 99.7 cm³/mol. The fraction of sp³-hybridized carbons (Fsp3) is 0.150. The molecule has 0 spiro atoms. The van der Waals surface area contributed by atoms with E-state index in [0.29, 0.717) is 23.9 Å². The molecule has 0 saturated carbocycles. The standard InChI is InChI=1S/C20H20N4O/c1-14-7-6-10-17(11-14)24-20(25)18-12-19(23-15(2)22-18)21-13-16-8-4-3-5-9-16/h3-12H,13H2,1-2H3,(H,24,25)(H,21,22,23). The van der Waals surface area contributed by atoms with Gasteiger partial charge in [0.15, 0.2) is 0 Å². The summed E-state index contributed by atoms with van der Waals surface area (Å²) in [5, 5.41) is 6.11. The van der Waals surface area contributed by atoms with Crippen LogP contribution in [-0.4, -0.2) is 15.9 Å². The molecular weight excluding hydrogens is 312 g/mol. The van der Waals surface area contributed by atoms with Gasteiger partial charge in [-0.3, -0.25) is 4.79 Å². The zero-order chi connectivity index (χ0) is 17.6. The SMILES string of the molecule is Cc1cccc(NC(=O)c2cc(NCc3ccccc3)nc(C)n2)c1. The van der Waals surface area contributed by atoms with Crippen molar-refractivity contribution in [3.05, 3.63) is 83.3 Å². The highest BCUT2D eigenvalue weighted by Crippen LogP contribution is 2.13. The minimum atomic E-state index is -0.251. The number of nitrogens with zero attached hydrogens (tertiary/aromatic N) is 2. The van der Waals surface area contributed by atoms with Gasteiger partial charge in [-0.15, -0.1) is 0 Å². The Balaban J connectivity index is 1.73. The summed E-state index contributed by atoms with van der Waals surface area (Å²) in [5.74, 6) is 0.928. The summed E-state index contributed by atoms with van der Waals surface area (Å²) in [6.07, 6.45) is 0. The minimum Gasteiger partial charge on any atom is -0.366 e. The average Bonchev–Trinajstić information content (AvgIpc) is 2.60. The molecule has 0 radical (unpaired) electrons. The number of rotatable bonds is 5. The van der Waals surface area contributed by atoms with Crippen LogP contribution in [0.5, 0.6) is 0 Å². The second-order valence-electron chi connectivity index (χ2n) is 5.85. The Kier molecular flexibility index (Phi) is 5.04. The molecule has 25 heavy (non-hydrogen) atoms. The summed E-state index contributed by atoms with van der Waals surface area (Å²) < 4.78 is 0. The van der Waals surface area contributed by atoms with Crippen LogP contribution >= 0.6 is 0 Å². The summed E-state index contributed by atoms with van der Waals surface area (Å²) in [6, 6.07) is 19.4. The van der Waals surface area contributed by atoms with Crippen LogP contribution in [-0.2, 0) is 6.54 Å². The lowest BCUT2D eigenvalue weighted by molar-refractivity contribution is 0.102. The fourth-order valence-electron chi connectivity index (χ4n) is 2.48. The molecule has 0 bridgehead atoms. The van der Waals surface area contributed by atoms with Crippen LogP contribution in [0.25, 0.3) is 0 Å². The first-order valence-electron chi connectivity index (χ1n) is 8.12. The second kappa shape index (κ2) is 7.57. The monoisotopic (exact) mass is 332 g/mol. The lowest BCUT2D eigenvalue weighted by Crippen LogP contribution is -2.16. The Morgan fingerprint density at radius 3 is 2.52 bits per heavy atom. The van der Waals surface area contributed by atoms with Crippen LogP contribution < -0.4 is 10.6 Å². The molecule has 5 nitrogen and oxygen atoms in total. The Morgan fingerprint density at radius 1 is 0.960 bits per heavy atom. The van der Waals surface area contributed by atoms with E-state index in [2.05, 4.69) is 20.6 Å². The Bertz CT molecular complexity index is 878. The summed E-state index contributed by atoms with van der Waals surface area (Å²) in [7, 11) is 0. The number of benzene rings is 2. The summed E-state index contributed by atoms with van der Waals surface area (Å²) in [6.45, 7) is 4.39. The molecule has 0 fully saturated rings. The number of carbonyl (C=O) groups is 1. The van der Waals surface area contributed by atoms with Crippen LogP contribution in [0.15, 0.2) is 60.7 Å². The third-order valence-electron chi connectivity index (χ3n) is 3.66. The summed E-state index contributed by atoms with van der Waals surface area (Å²) in [5.41, 5.74) is 3.32. The molecule has 1 amide bonds. The van der Waals surface area contributed by atoms with Crippen molar-refractivity contribution in [1.82, 2.24) is 9.97 Å². The smallest absolute Gasteiger partial charge is 0.274 e. The molecule has 2 aromatic carbocycles. The van der Waals surface area contributed by atoms with Crippen molar-refractivity contribution in [2.45, 2.75) is 20.4 Å². The molecule has 1 heterocycles. The van der Waals surface area contributed by atoms with Crippen molar-refractivity contribution in [1.29, 1.82) is 0 Å². The Labute approximate surface area is 147 Å². The Hall–Kier alpha value is -3.21. The van der Waals surface area contributed by atoms with E-state index in [1.54, 1.807) is 13.0 Å². The lowest BCUT2D eigenvalue weighted by atomic mass is 10.2. The molecule has 0 atom stereocenters. The average molecular weight is 332 g/mol. The predicted octanol–water partition coefficient (Wildman–Crippen LogP) is 3.96. The highest BCUT2D eigenvalue weighted by molar-refractivity contribution is 6.03. The van der Waals surface area contributed by atoms with E-state index in [-0.39, 0.29) is 5.91 Å². The van der Waals surface area contributed by atoms with Gasteiger partial charge < -0.3 is 10.6 Å². The van der Waals surface area contributed by atoms with E-state index in [9.17, 15) is 4.79 Å². The first-order valence-corrected chi connectivity index (χ1v) is 8.12. The first-order chi connectivity index (χ1) is 12.1. The van der Waals surface area contributed by atoms with E-state index in [1.165, 1.54) is 0 Å². The van der Waals surface area contributed by atoms with Crippen LogP contribution in [0.2, 0.25) is 0 Å². The third-order valence-corrected chi connectivity index (χ3v) is 3.66. The molecule has 0 aliphatic carbocycles. The molecule has 5 heteroatoms. The zero-order valence-electron chi connectivity index (χ0n) is 14.3. The van der Waals surface area contributed by atoms with Crippen molar-refractivity contribution in [3.8, 4) is 0 Å². The maximum atomic E-state index is 12.5. The normalized spacial score (nSPS) is 10.3. The van der Waals surface area contributed by atoms with Crippen LogP contribution in [0, 0.1) is 13.8 Å². The van der Waals surface area contributed by atoms with Crippen molar-refractivity contribution in [2.24, 2.45) is 0 Å². The molecule has 1 aromatic heterocycles. The van der Waals surface area contributed by atoms with Gasteiger partial charge in [-0.2, -0.15) is 0 Å². The number of anilines is 2. The highest BCUT2D eigenvalue weighted by atomic mass is 16.1. The maximum Gasteiger partial charge on any atom is 0.274 e. The fourth-order valence-corrected chi connectivity index (χ4v) is 2.48. The van der Waals surface area contributed by atoms with Gasteiger partial charge in [0.25, 0.3) is 5.91 Å². The molecule has 126 valence electrons. The van der Waals surface area contributed by atoms with Gasteiger partial charge in [0.2, 0.25) is 0 Å². The molecule has 0 aliphatic heterocycles. The molecule has 0 saturated heterocycles.